The van der Waals surface area contributed by atoms with Gasteiger partial charge in [0, 0.05) is 12.1 Å². The van der Waals surface area contributed by atoms with E-state index in [9.17, 15) is 4.79 Å². The van der Waals surface area contributed by atoms with Gasteiger partial charge in [-0.25, -0.2) is 0 Å². The van der Waals surface area contributed by atoms with Crippen LogP contribution >= 0.6 is 11.6 Å². The Morgan fingerprint density at radius 3 is 2.52 bits per heavy atom. The van der Waals surface area contributed by atoms with E-state index in [-0.39, 0.29) is 5.91 Å². The Balaban J connectivity index is 2.11. The quantitative estimate of drug-likeness (QED) is 0.841. The molecule has 0 aliphatic heterocycles. The number of hydrogen-bond donors (Lipinski definition) is 2. The molecule has 124 valence electrons. The summed E-state index contributed by atoms with van der Waals surface area (Å²) >= 11 is 6.11. The predicted molar refractivity (Wildman–Crippen MR) is 87.5 cm³/mol. The predicted octanol–water partition coefficient (Wildman–Crippen LogP) is 3.09. The van der Waals surface area contributed by atoms with Crippen molar-refractivity contribution in [3.8, 4) is 11.5 Å². The van der Waals surface area contributed by atoms with E-state index in [0.717, 1.165) is 0 Å². The highest BCUT2D eigenvalue weighted by molar-refractivity contribution is 6.32. The minimum Gasteiger partial charge on any atom is -0.495 e. The van der Waals surface area contributed by atoms with Gasteiger partial charge in [0.15, 0.2) is 0 Å². The van der Waals surface area contributed by atoms with Gasteiger partial charge in [-0.2, -0.15) is 0 Å². The molecular weight excluding hydrogens is 322 g/mol. The fourth-order valence-electron chi connectivity index (χ4n) is 1.92. The molecule has 1 heterocycles. The molecule has 0 saturated heterocycles. The van der Waals surface area contributed by atoms with Crippen molar-refractivity contribution in [2.75, 3.05) is 24.9 Å². The minimum absolute atomic E-state index is 0.282. The lowest BCUT2D eigenvalue weighted by molar-refractivity contribution is -0.116. The molecule has 0 radical (unpaired) electrons. The third-order valence-corrected chi connectivity index (χ3v) is 3.41. The second-order valence-corrected chi connectivity index (χ2v) is 5.28. The van der Waals surface area contributed by atoms with Crippen LogP contribution < -0.4 is 20.1 Å². The Morgan fingerprint density at radius 1 is 1.26 bits per heavy atom. The van der Waals surface area contributed by atoms with E-state index in [1.807, 2.05) is 0 Å². The van der Waals surface area contributed by atoms with Crippen LogP contribution in [0.1, 0.15) is 12.6 Å². The van der Waals surface area contributed by atoms with Crippen molar-refractivity contribution in [3.05, 3.63) is 28.9 Å². The summed E-state index contributed by atoms with van der Waals surface area (Å²) in [5, 5.41) is 9.79. The standard InChI is InChI=1S/C15H18ClN3O4/c1-8-5-14(23-19-8)18-15(20)9(2)17-11-6-10(16)12(21-3)7-13(11)22-4/h5-7,9,17H,1-4H3,(H,18,20)/t9-/m1/s1. The molecule has 8 heteroatoms. The van der Waals surface area contributed by atoms with Crippen molar-refractivity contribution in [1.82, 2.24) is 5.16 Å². The van der Waals surface area contributed by atoms with Gasteiger partial charge < -0.3 is 19.3 Å². The molecule has 0 fully saturated rings. The number of halogens is 1. The molecule has 7 nitrogen and oxygen atoms in total. The highest BCUT2D eigenvalue weighted by atomic mass is 35.5. The summed E-state index contributed by atoms with van der Waals surface area (Å²) in [4.78, 5) is 12.2. The van der Waals surface area contributed by atoms with Crippen molar-refractivity contribution in [2.24, 2.45) is 0 Å². The smallest absolute Gasteiger partial charge is 0.248 e. The first kappa shape index (κ1) is 17.0. The first-order valence-corrected chi connectivity index (χ1v) is 7.24. The van der Waals surface area contributed by atoms with Gasteiger partial charge >= 0.3 is 0 Å². The van der Waals surface area contributed by atoms with Crippen LogP contribution in [0.25, 0.3) is 0 Å². The van der Waals surface area contributed by atoms with Crippen LogP contribution in [0.2, 0.25) is 5.02 Å². The van der Waals surface area contributed by atoms with E-state index in [0.29, 0.717) is 33.8 Å². The van der Waals surface area contributed by atoms with Crippen LogP contribution in [0.4, 0.5) is 11.6 Å². The van der Waals surface area contributed by atoms with Crippen molar-refractivity contribution in [2.45, 2.75) is 19.9 Å². The normalized spacial score (nSPS) is 11.7. The van der Waals surface area contributed by atoms with Crippen LogP contribution in [0.5, 0.6) is 11.5 Å². The average molecular weight is 340 g/mol. The number of carbonyl (C=O) groups is 1. The van der Waals surface area contributed by atoms with E-state index in [1.165, 1.54) is 14.2 Å². The zero-order valence-electron chi connectivity index (χ0n) is 13.3. The molecule has 0 aliphatic rings. The zero-order valence-corrected chi connectivity index (χ0v) is 14.0. The van der Waals surface area contributed by atoms with Crippen molar-refractivity contribution >= 4 is 29.1 Å². The monoisotopic (exact) mass is 339 g/mol. The van der Waals surface area contributed by atoms with Gasteiger partial charge in [0.25, 0.3) is 0 Å². The van der Waals surface area contributed by atoms with E-state index in [4.69, 9.17) is 25.6 Å². The first-order chi connectivity index (χ1) is 10.9. The second kappa shape index (κ2) is 7.23. The third-order valence-electron chi connectivity index (χ3n) is 3.11. The number of anilines is 2. The number of methoxy groups -OCH3 is 2. The summed E-state index contributed by atoms with van der Waals surface area (Å²) in [6.07, 6.45) is 0. The summed E-state index contributed by atoms with van der Waals surface area (Å²) in [7, 11) is 3.04. The molecule has 1 aromatic carbocycles. The average Bonchev–Trinajstić information content (AvgIpc) is 2.92. The number of rotatable bonds is 6. The number of aryl methyl sites for hydroxylation is 1. The molecule has 2 N–H and O–H groups in total. The molecule has 0 aliphatic carbocycles. The van der Waals surface area contributed by atoms with Gasteiger partial charge in [0.2, 0.25) is 11.8 Å². The van der Waals surface area contributed by atoms with Crippen LogP contribution in [0.3, 0.4) is 0 Å². The number of aromatic nitrogens is 1. The van der Waals surface area contributed by atoms with E-state index in [1.54, 1.807) is 32.0 Å². The lowest BCUT2D eigenvalue weighted by atomic mass is 10.2. The van der Waals surface area contributed by atoms with E-state index >= 15 is 0 Å². The van der Waals surface area contributed by atoms with Gasteiger partial charge in [0.05, 0.1) is 30.6 Å². The van der Waals surface area contributed by atoms with Crippen LogP contribution in [0.15, 0.2) is 22.7 Å². The molecule has 1 atom stereocenters. The van der Waals surface area contributed by atoms with Crippen molar-refractivity contribution < 1.29 is 18.8 Å². The molecular formula is C15H18ClN3O4. The number of benzene rings is 1. The Bertz CT molecular complexity index is 702. The third kappa shape index (κ3) is 4.07. The van der Waals surface area contributed by atoms with E-state index in [2.05, 4.69) is 15.8 Å². The second-order valence-electron chi connectivity index (χ2n) is 4.87. The van der Waals surface area contributed by atoms with Gasteiger partial charge in [-0.05, 0) is 19.9 Å². The maximum absolute atomic E-state index is 12.2. The fraction of sp³-hybridized carbons (Fsp3) is 0.333. The molecule has 0 unspecified atom stereocenters. The maximum Gasteiger partial charge on any atom is 0.248 e. The molecule has 1 aromatic heterocycles. The molecule has 2 rings (SSSR count). The number of nitrogens with zero attached hydrogens (tertiary/aromatic N) is 1. The van der Waals surface area contributed by atoms with Crippen molar-refractivity contribution in [3.63, 3.8) is 0 Å². The van der Waals surface area contributed by atoms with Crippen molar-refractivity contribution in [1.29, 1.82) is 0 Å². The fourth-order valence-corrected chi connectivity index (χ4v) is 2.16. The Kier molecular flexibility index (Phi) is 5.33. The highest BCUT2D eigenvalue weighted by Gasteiger charge is 2.18. The lowest BCUT2D eigenvalue weighted by Gasteiger charge is -2.18. The zero-order chi connectivity index (χ0) is 17.0. The van der Waals surface area contributed by atoms with E-state index < -0.39 is 6.04 Å². The van der Waals surface area contributed by atoms with Crippen LogP contribution in [0, 0.1) is 6.92 Å². The summed E-state index contributed by atoms with van der Waals surface area (Å²) in [5.41, 5.74) is 1.26. The Morgan fingerprint density at radius 2 is 1.96 bits per heavy atom. The van der Waals surface area contributed by atoms with Crippen LogP contribution in [-0.4, -0.2) is 31.3 Å². The molecule has 2 aromatic rings. The SMILES string of the molecule is COc1cc(OC)c(N[C@H](C)C(=O)Nc2cc(C)no2)cc1Cl. The molecule has 0 saturated carbocycles. The highest BCUT2D eigenvalue weighted by Crippen LogP contribution is 2.36. The number of nitrogens with one attached hydrogen (secondary N) is 2. The maximum atomic E-state index is 12.2. The molecule has 0 spiro atoms. The first-order valence-electron chi connectivity index (χ1n) is 6.86. The minimum atomic E-state index is -0.557. The Labute approximate surface area is 138 Å². The Hall–Kier alpha value is -2.41. The topological polar surface area (TPSA) is 85.6 Å². The van der Waals surface area contributed by atoms with Gasteiger partial charge in [-0.15, -0.1) is 0 Å². The summed E-state index contributed by atoms with van der Waals surface area (Å²) in [6, 6.07) is 4.37. The van der Waals surface area contributed by atoms with Gasteiger partial charge in [0.1, 0.15) is 17.5 Å². The summed E-state index contributed by atoms with van der Waals surface area (Å²) < 4.78 is 15.4. The largest absolute Gasteiger partial charge is 0.495 e. The number of hydrogen-bond acceptors (Lipinski definition) is 6. The number of carbonyl (C=O) groups excluding carboxylic acids is 1. The number of amides is 1. The summed E-state index contributed by atoms with van der Waals surface area (Å²) in [6.45, 7) is 3.47. The molecule has 0 bridgehead atoms. The number of ether oxygens (including phenoxy) is 2. The molecule has 23 heavy (non-hydrogen) atoms. The van der Waals surface area contributed by atoms with Gasteiger partial charge in [-0.3, -0.25) is 10.1 Å². The van der Waals surface area contributed by atoms with Crippen LogP contribution in [-0.2, 0) is 4.79 Å². The lowest BCUT2D eigenvalue weighted by Crippen LogP contribution is -2.31. The molecule has 1 amide bonds. The summed E-state index contributed by atoms with van der Waals surface area (Å²) in [5.74, 6) is 1.01. The van der Waals surface area contributed by atoms with Gasteiger partial charge in [-0.1, -0.05) is 16.8 Å².